The summed E-state index contributed by atoms with van der Waals surface area (Å²) in [6.07, 6.45) is -1.66. The van der Waals surface area contributed by atoms with Crippen molar-refractivity contribution < 1.29 is 8.78 Å². The van der Waals surface area contributed by atoms with Gasteiger partial charge in [0.2, 0.25) is 0 Å². The molecule has 1 rings (SSSR count). The zero-order chi connectivity index (χ0) is 14.8. The first-order valence-electron chi connectivity index (χ1n) is 6.46. The molecule has 108 valence electrons. The van der Waals surface area contributed by atoms with Gasteiger partial charge in [0.1, 0.15) is 0 Å². The Labute approximate surface area is 114 Å². The largest absolute Gasteiger partial charge is 0.399 e. The predicted molar refractivity (Wildman–Crippen MR) is 77.6 cm³/mol. The number of alkyl halides is 2. The molecular weight excluding hydrogens is 246 g/mol. The molecule has 0 aliphatic rings. The Bertz CT molecular complexity index is 434. The van der Waals surface area contributed by atoms with Crippen LogP contribution in [0.2, 0.25) is 0 Å². The summed E-state index contributed by atoms with van der Waals surface area (Å²) in [6, 6.07) is 4.60. The first-order valence-corrected chi connectivity index (χ1v) is 6.46. The van der Waals surface area contributed by atoms with E-state index in [-0.39, 0.29) is 16.5 Å². The van der Waals surface area contributed by atoms with Crippen molar-refractivity contribution in [3.05, 3.63) is 23.8 Å². The fraction of sp³-hybridized carbons (Fsp3) is 0.600. The molecule has 0 radical (unpaired) electrons. The van der Waals surface area contributed by atoms with E-state index in [1.54, 1.807) is 12.1 Å². The van der Waals surface area contributed by atoms with E-state index in [2.05, 4.69) is 26.1 Å². The monoisotopic (exact) mass is 270 g/mol. The van der Waals surface area contributed by atoms with Gasteiger partial charge in [-0.15, -0.1) is 0 Å². The summed E-state index contributed by atoms with van der Waals surface area (Å²) in [6.45, 7) is 10.4. The van der Waals surface area contributed by atoms with E-state index in [0.29, 0.717) is 11.4 Å². The molecule has 19 heavy (non-hydrogen) atoms. The summed E-state index contributed by atoms with van der Waals surface area (Å²) in [4.78, 5) is 0. The number of anilines is 2. The highest BCUT2D eigenvalue weighted by Crippen LogP contribution is 2.34. The molecule has 1 aromatic rings. The third-order valence-electron chi connectivity index (χ3n) is 2.76. The second-order valence-electron chi connectivity index (χ2n) is 6.89. The van der Waals surface area contributed by atoms with Gasteiger partial charge in [0.15, 0.2) is 0 Å². The van der Waals surface area contributed by atoms with Gasteiger partial charge in [-0.25, -0.2) is 8.78 Å². The van der Waals surface area contributed by atoms with Crippen LogP contribution in [0.1, 0.15) is 53.0 Å². The Balaban J connectivity index is 2.99. The maximum atomic E-state index is 13.0. The van der Waals surface area contributed by atoms with Gasteiger partial charge in [-0.2, -0.15) is 0 Å². The maximum absolute atomic E-state index is 13.0. The summed E-state index contributed by atoms with van der Waals surface area (Å²) in [5.41, 5.74) is 6.20. The van der Waals surface area contributed by atoms with E-state index in [9.17, 15) is 8.78 Å². The van der Waals surface area contributed by atoms with Gasteiger partial charge < -0.3 is 11.1 Å². The minimum Gasteiger partial charge on any atom is -0.399 e. The first-order chi connectivity index (χ1) is 8.50. The molecule has 0 saturated heterocycles. The van der Waals surface area contributed by atoms with Crippen LogP contribution in [-0.4, -0.2) is 5.54 Å². The van der Waals surface area contributed by atoms with E-state index in [1.807, 2.05) is 13.8 Å². The quantitative estimate of drug-likeness (QED) is 0.769. The van der Waals surface area contributed by atoms with Gasteiger partial charge in [0.25, 0.3) is 6.43 Å². The van der Waals surface area contributed by atoms with Crippen LogP contribution in [0.4, 0.5) is 20.2 Å². The lowest BCUT2D eigenvalue weighted by atomic mass is 9.81. The molecule has 0 fully saturated rings. The van der Waals surface area contributed by atoms with Crippen molar-refractivity contribution >= 4 is 11.4 Å². The van der Waals surface area contributed by atoms with Crippen LogP contribution in [0.25, 0.3) is 0 Å². The topological polar surface area (TPSA) is 38.0 Å². The van der Waals surface area contributed by atoms with Crippen LogP contribution in [0, 0.1) is 5.41 Å². The highest BCUT2D eigenvalue weighted by atomic mass is 19.3. The van der Waals surface area contributed by atoms with Gasteiger partial charge in [-0.3, -0.25) is 0 Å². The summed E-state index contributed by atoms with van der Waals surface area (Å²) in [7, 11) is 0. The maximum Gasteiger partial charge on any atom is 0.265 e. The van der Waals surface area contributed by atoms with Gasteiger partial charge in [-0.05, 0) is 43.9 Å². The van der Waals surface area contributed by atoms with Crippen LogP contribution in [0.15, 0.2) is 18.2 Å². The molecular formula is C15H24F2N2. The fourth-order valence-corrected chi connectivity index (χ4v) is 2.61. The molecule has 0 bridgehead atoms. The first kappa shape index (κ1) is 15.7. The van der Waals surface area contributed by atoms with Crippen molar-refractivity contribution in [3.63, 3.8) is 0 Å². The van der Waals surface area contributed by atoms with Crippen molar-refractivity contribution in [1.82, 2.24) is 0 Å². The van der Waals surface area contributed by atoms with Crippen LogP contribution in [0.5, 0.6) is 0 Å². The summed E-state index contributed by atoms with van der Waals surface area (Å²) in [5.74, 6) is 0. The van der Waals surface area contributed by atoms with Crippen molar-refractivity contribution in [2.45, 2.75) is 53.0 Å². The minimum atomic E-state index is -2.53. The van der Waals surface area contributed by atoms with Gasteiger partial charge in [0.05, 0.1) is 0 Å². The van der Waals surface area contributed by atoms with E-state index in [1.165, 1.54) is 6.07 Å². The predicted octanol–water partition coefficient (Wildman–Crippen LogP) is 4.83. The van der Waals surface area contributed by atoms with Gasteiger partial charge in [-0.1, -0.05) is 20.8 Å². The number of benzene rings is 1. The zero-order valence-corrected chi connectivity index (χ0v) is 12.3. The number of rotatable bonds is 4. The Morgan fingerprint density at radius 1 is 1.16 bits per heavy atom. The van der Waals surface area contributed by atoms with E-state index >= 15 is 0 Å². The molecule has 1 aromatic carbocycles. The molecule has 0 unspecified atom stereocenters. The third kappa shape index (κ3) is 5.05. The smallest absolute Gasteiger partial charge is 0.265 e. The van der Waals surface area contributed by atoms with E-state index in [4.69, 9.17) is 5.73 Å². The standard InChI is InChI=1S/C15H24F2N2/c1-14(2,3)9-15(4,5)19-12-7-6-10(18)8-11(12)13(16)17/h6-8,13,19H,9,18H2,1-5H3. The van der Waals surface area contributed by atoms with Crippen molar-refractivity contribution in [3.8, 4) is 0 Å². The highest BCUT2D eigenvalue weighted by molar-refractivity contribution is 5.59. The Morgan fingerprint density at radius 3 is 2.21 bits per heavy atom. The van der Waals surface area contributed by atoms with Crippen molar-refractivity contribution in [2.75, 3.05) is 11.1 Å². The second kappa shape index (κ2) is 5.35. The number of halogens is 2. The molecule has 0 aliphatic carbocycles. The second-order valence-corrected chi connectivity index (χ2v) is 6.89. The lowest BCUT2D eigenvalue weighted by Crippen LogP contribution is -2.35. The summed E-state index contributed by atoms with van der Waals surface area (Å²) in [5, 5.41) is 3.22. The number of nitrogens with two attached hydrogens (primary N) is 1. The van der Waals surface area contributed by atoms with Crippen molar-refractivity contribution in [1.29, 1.82) is 0 Å². The SMILES string of the molecule is CC(C)(C)CC(C)(C)Nc1ccc(N)cc1C(F)F. The average molecular weight is 270 g/mol. The fourth-order valence-electron chi connectivity index (χ4n) is 2.61. The molecule has 0 aromatic heterocycles. The molecule has 2 nitrogen and oxygen atoms in total. The van der Waals surface area contributed by atoms with Crippen LogP contribution < -0.4 is 11.1 Å². The normalized spacial score (nSPS) is 12.8. The molecule has 0 heterocycles. The van der Waals surface area contributed by atoms with E-state index in [0.717, 1.165) is 6.42 Å². The third-order valence-corrected chi connectivity index (χ3v) is 2.76. The van der Waals surface area contributed by atoms with Crippen LogP contribution in [0.3, 0.4) is 0 Å². The summed E-state index contributed by atoms with van der Waals surface area (Å²) >= 11 is 0. The van der Waals surface area contributed by atoms with E-state index < -0.39 is 6.43 Å². The van der Waals surface area contributed by atoms with Gasteiger partial charge in [0, 0.05) is 22.5 Å². The van der Waals surface area contributed by atoms with Crippen molar-refractivity contribution in [2.24, 2.45) is 5.41 Å². The average Bonchev–Trinajstić information content (AvgIpc) is 2.16. The number of hydrogen-bond donors (Lipinski definition) is 2. The summed E-state index contributed by atoms with van der Waals surface area (Å²) < 4.78 is 26.1. The molecule has 4 heteroatoms. The van der Waals surface area contributed by atoms with Crippen LogP contribution >= 0.6 is 0 Å². The lowest BCUT2D eigenvalue weighted by molar-refractivity contribution is 0.152. The number of nitrogen functional groups attached to an aromatic ring is 1. The Kier molecular flexibility index (Phi) is 4.43. The molecule has 3 N–H and O–H groups in total. The molecule has 0 atom stereocenters. The molecule has 0 saturated carbocycles. The molecule has 0 amide bonds. The highest BCUT2D eigenvalue weighted by Gasteiger charge is 2.26. The Morgan fingerprint density at radius 2 is 1.74 bits per heavy atom. The lowest BCUT2D eigenvalue weighted by Gasteiger charge is -2.35. The number of nitrogens with one attached hydrogen (secondary N) is 1. The number of hydrogen-bond acceptors (Lipinski definition) is 2. The molecule has 0 spiro atoms. The van der Waals surface area contributed by atoms with Crippen LogP contribution in [-0.2, 0) is 0 Å². The molecule has 0 aliphatic heterocycles. The Hall–Kier alpha value is -1.32. The zero-order valence-electron chi connectivity index (χ0n) is 12.3. The van der Waals surface area contributed by atoms with Gasteiger partial charge >= 0.3 is 0 Å². The minimum absolute atomic E-state index is 0.0398.